The lowest BCUT2D eigenvalue weighted by Crippen LogP contribution is -2.10. The average Bonchev–Trinajstić information content (AvgIpc) is 2.53. The minimum absolute atomic E-state index is 0.486. The van der Waals surface area contributed by atoms with Crippen LogP contribution in [-0.4, -0.2) is 0 Å². The molecule has 0 aromatic heterocycles. The summed E-state index contributed by atoms with van der Waals surface area (Å²) in [6, 6.07) is 9.38. The van der Waals surface area contributed by atoms with Gasteiger partial charge in [0.1, 0.15) is 0 Å². The molecule has 0 nitrogen and oxygen atoms in total. The van der Waals surface area contributed by atoms with Crippen LogP contribution in [0.5, 0.6) is 0 Å². The lowest BCUT2D eigenvalue weighted by molar-refractivity contribution is 0.348. The molecule has 0 radical (unpaired) electrons. The largest absolute Gasteiger partial charge is 0.0847 e. The molecule has 21 heavy (non-hydrogen) atoms. The van der Waals surface area contributed by atoms with Crippen molar-refractivity contribution in [1.29, 1.82) is 0 Å². The molecule has 1 unspecified atom stereocenters. The van der Waals surface area contributed by atoms with E-state index in [1.54, 1.807) is 5.56 Å². The molecule has 1 aromatic rings. The SMILES string of the molecule is C/C=C(C)\C=C/C(C)c1ccc(C2CCC(C)CC2)cc1. The normalized spacial score (nSPS) is 25.2. The molecule has 1 saturated carbocycles. The van der Waals surface area contributed by atoms with Gasteiger partial charge in [0.2, 0.25) is 0 Å². The van der Waals surface area contributed by atoms with E-state index < -0.39 is 0 Å². The molecule has 2 rings (SSSR count). The fourth-order valence-electron chi connectivity index (χ4n) is 3.17. The molecule has 1 aromatic carbocycles. The first-order valence-corrected chi connectivity index (χ1v) is 8.51. The molecule has 1 aliphatic rings. The summed E-state index contributed by atoms with van der Waals surface area (Å²) >= 11 is 0. The van der Waals surface area contributed by atoms with E-state index in [-0.39, 0.29) is 0 Å². The molecular weight excluding hydrogens is 252 g/mol. The summed E-state index contributed by atoms with van der Waals surface area (Å²) in [5.74, 6) is 2.22. The van der Waals surface area contributed by atoms with E-state index in [9.17, 15) is 0 Å². The predicted molar refractivity (Wildman–Crippen MR) is 93.8 cm³/mol. The van der Waals surface area contributed by atoms with Crippen molar-refractivity contribution in [2.45, 2.75) is 65.2 Å². The van der Waals surface area contributed by atoms with Gasteiger partial charge >= 0.3 is 0 Å². The van der Waals surface area contributed by atoms with Gasteiger partial charge < -0.3 is 0 Å². The number of allylic oxidation sites excluding steroid dienone is 4. The van der Waals surface area contributed by atoms with Crippen molar-refractivity contribution in [2.75, 3.05) is 0 Å². The van der Waals surface area contributed by atoms with Crippen LogP contribution in [-0.2, 0) is 0 Å². The quantitative estimate of drug-likeness (QED) is 0.545. The van der Waals surface area contributed by atoms with E-state index in [0.29, 0.717) is 5.92 Å². The monoisotopic (exact) mass is 282 g/mol. The van der Waals surface area contributed by atoms with Crippen LogP contribution in [0, 0.1) is 5.92 Å². The van der Waals surface area contributed by atoms with E-state index >= 15 is 0 Å². The van der Waals surface area contributed by atoms with Gasteiger partial charge in [-0.2, -0.15) is 0 Å². The molecule has 0 aliphatic heterocycles. The first-order chi connectivity index (χ1) is 10.1. The Labute approximate surface area is 131 Å². The molecule has 1 fully saturated rings. The Balaban J connectivity index is 2.00. The molecule has 0 heterocycles. The summed E-state index contributed by atoms with van der Waals surface area (Å²) in [5.41, 5.74) is 4.30. The lowest BCUT2D eigenvalue weighted by Gasteiger charge is -2.26. The topological polar surface area (TPSA) is 0 Å². The predicted octanol–water partition coefficient (Wildman–Crippen LogP) is 6.61. The number of hydrogen-bond acceptors (Lipinski definition) is 0. The van der Waals surface area contributed by atoms with Gasteiger partial charge in [-0.25, -0.2) is 0 Å². The highest BCUT2D eigenvalue weighted by Crippen LogP contribution is 2.35. The van der Waals surface area contributed by atoms with Gasteiger partial charge in [-0.1, -0.05) is 74.8 Å². The van der Waals surface area contributed by atoms with Crippen molar-refractivity contribution in [3.05, 3.63) is 59.2 Å². The van der Waals surface area contributed by atoms with Crippen molar-refractivity contribution in [2.24, 2.45) is 5.92 Å². The summed E-state index contributed by atoms with van der Waals surface area (Å²) < 4.78 is 0. The summed E-state index contributed by atoms with van der Waals surface area (Å²) in [6.07, 6.45) is 12.2. The highest BCUT2D eigenvalue weighted by atomic mass is 14.2. The van der Waals surface area contributed by atoms with Crippen molar-refractivity contribution >= 4 is 0 Å². The van der Waals surface area contributed by atoms with E-state index in [1.807, 2.05) is 0 Å². The first-order valence-electron chi connectivity index (χ1n) is 8.51. The van der Waals surface area contributed by atoms with Crippen LogP contribution >= 0.6 is 0 Å². The van der Waals surface area contributed by atoms with Crippen molar-refractivity contribution < 1.29 is 0 Å². The lowest BCUT2D eigenvalue weighted by atomic mass is 9.79. The van der Waals surface area contributed by atoms with E-state index in [1.165, 1.54) is 36.8 Å². The van der Waals surface area contributed by atoms with Crippen LogP contribution in [0.4, 0.5) is 0 Å². The second-order valence-electron chi connectivity index (χ2n) is 6.80. The maximum absolute atomic E-state index is 2.39. The smallest absolute Gasteiger partial charge is 0.000722 e. The third-order valence-electron chi connectivity index (χ3n) is 5.05. The van der Waals surface area contributed by atoms with Crippen molar-refractivity contribution in [3.8, 4) is 0 Å². The molecule has 114 valence electrons. The summed E-state index contributed by atoms with van der Waals surface area (Å²) in [4.78, 5) is 0. The summed E-state index contributed by atoms with van der Waals surface area (Å²) in [7, 11) is 0. The maximum Gasteiger partial charge on any atom is -0.000722 e. The standard InChI is InChI=1S/C21H30/c1-5-16(2)6-9-18(4)19-12-14-21(15-13-19)20-10-7-17(3)8-11-20/h5-6,9,12-15,17-18,20H,7-8,10-11H2,1-4H3/b9-6-,16-5-. The zero-order valence-corrected chi connectivity index (χ0v) is 14.1. The molecule has 0 N–H and O–H groups in total. The highest BCUT2D eigenvalue weighted by molar-refractivity contribution is 5.31. The summed E-state index contributed by atoms with van der Waals surface area (Å²) in [5, 5.41) is 0. The van der Waals surface area contributed by atoms with E-state index in [4.69, 9.17) is 0 Å². The number of benzene rings is 1. The minimum atomic E-state index is 0.486. The van der Waals surface area contributed by atoms with Crippen molar-refractivity contribution in [3.63, 3.8) is 0 Å². The van der Waals surface area contributed by atoms with Crippen LogP contribution < -0.4 is 0 Å². The molecule has 0 amide bonds. The van der Waals surface area contributed by atoms with Gasteiger partial charge in [-0.05, 0) is 55.6 Å². The second-order valence-corrected chi connectivity index (χ2v) is 6.80. The summed E-state index contributed by atoms with van der Waals surface area (Å²) in [6.45, 7) is 8.90. The molecular formula is C21H30. The van der Waals surface area contributed by atoms with Gasteiger partial charge in [0.15, 0.2) is 0 Å². The van der Waals surface area contributed by atoms with Gasteiger partial charge in [0.05, 0.1) is 0 Å². The highest BCUT2D eigenvalue weighted by Gasteiger charge is 2.19. The van der Waals surface area contributed by atoms with Crippen LogP contribution in [0.15, 0.2) is 48.1 Å². The zero-order valence-electron chi connectivity index (χ0n) is 14.1. The van der Waals surface area contributed by atoms with Gasteiger partial charge in [-0.3, -0.25) is 0 Å². The van der Waals surface area contributed by atoms with Crippen LogP contribution in [0.3, 0.4) is 0 Å². The Bertz CT molecular complexity index is 481. The Morgan fingerprint density at radius 3 is 2.29 bits per heavy atom. The van der Waals surface area contributed by atoms with Crippen LogP contribution in [0.1, 0.15) is 76.3 Å². The molecule has 1 atom stereocenters. The van der Waals surface area contributed by atoms with Gasteiger partial charge in [0.25, 0.3) is 0 Å². The Hall–Kier alpha value is -1.30. The third-order valence-corrected chi connectivity index (χ3v) is 5.05. The molecule has 0 spiro atoms. The fourth-order valence-corrected chi connectivity index (χ4v) is 3.17. The molecule has 1 aliphatic carbocycles. The van der Waals surface area contributed by atoms with Crippen molar-refractivity contribution in [1.82, 2.24) is 0 Å². The van der Waals surface area contributed by atoms with Gasteiger partial charge in [-0.15, -0.1) is 0 Å². The zero-order chi connectivity index (χ0) is 15.2. The Morgan fingerprint density at radius 2 is 1.71 bits per heavy atom. The second kappa shape index (κ2) is 7.64. The van der Waals surface area contributed by atoms with Gasteiger partial charge in [0, 0.05) is 0 Å². The molecule has 0 heteroatoms. The first kappa shape index (κ1) is 16.1. The molecule has 0 saturated heterocycles. The molecule has 0 bridgehead atoms. The number of rotatable bonds is 4. The maximum atomic E-state index is 2.39. The average molecular weight is 282 g/mol. The number of hydrogen-bond donors (Lipinski definition) is 0. The van der Waals surface area contributed by atoms with Crippen LogP contribution in [0.2, 0.25) is 0 Å². The Morgan fingerprint density at radius 1 is 1.10 bits per heavy atom. The fraction of sp³-hybridized carbons (Fsp3) is 0.524. The Kier molecular flexibility index (Phi) is 5.85. The van der Waals surface area contributed by atoms with Crippen LogP contribution in [0.25, 0.3) is 0 Å². The van der Waals surface area contributed by atoms with E-state index in [0.717, 1.165) is 11.8 Å². The van der Waals surface area contributed by atoms with E-state index in [2.05, 4.69) is 70.2 Å². The minimum Gasteiger partial charge on any atom is -0.0847 e. The third kappa shape index (κ3) is 4.59.